The summed E-state index contributed by atoms with van der Waals surface area (Å²) in [5.41, 5.74) is 5.02. The molecule has 0 aliphatic carbocycles. The van der Waals surface area contributed by atoms with Gasteiger partial charge < -0.3 is 34.4 Å². The molecule has 0 spiro atoms. The Morgan fingerprint density at radius 3 is 2.39 bits per heavy atom. The molecule has 2 aliphatic heterocycles. The van der Waals surface area contributed by atoms with E-state index >= 15 is 4.39 Å². The third-order valence-electron chi connectivity index (χ3n) is 6.96. The van der Waals surface area contributed by atoms with Crippen molar-refractivity contribution in [2.45, 2.75) is 30.8 Å². The minimum atomic E-state index is -0.649. The number of H-pyrrole nitrogens is 1. The number of nitrogens with zero attached hydrogens (tertiary/aromatic N) is 1. The predicted octanol–water partition coefficient (Wildman–Crippen LogP) is 3.50. The zero-order valence-corrected chi connectivity index (χ0v) is 21.0. The molecule has 0 radical (unpaired) electrons. The van der Waals surface area contributed by atoms with Crippen LogP contribution >= 0.6 is 0 Å². The SMILES string of the molecule is CNC(Nc1ccc(-c2ccc(-c3nc4cc(O[C@@H]5CO[C@H]6[C@@H]5OC[C@H]6O)[nH]c4cc3F)cc2)cc1)OC. The fourth-order valence-corrected chi connectivity index (χ4v) is 4.96. The molecule has 0 saturated carbocycles. The maximum absolute atomic E-state index is 15.1. The Bertz CT molecular complexity index is 1410. The van der Waals surface area contributed by atoms with E-state index in [1.807, 2.05) is 55.6 Å². The van der Waals surface area contributed by atoms with E-state index < -0.39 is 11.9 Å². The first-order valence-corrected chi connectivity index (χ1v) is 12.5. The first-order chi connectivity index (χ1) is 18.5. The number of hydrogen-bond acceptors (Lipinski definition) is 8. The number of fused-ring (bicyclic) bond motifs is 2. The van der Waals surface area contributed by atoms with Crippen molar-refractivity contribution in [2.24, 2.45) is 0 Å². The van der Waals surface area contributed by atoms with Crippen LogP contribution in [-0.2, 0) is 14.2 Å². The zero-order valence-electron chi connectivity index (χ0n) is 21.0. The second-order valence-corrected chi connectivity index (χ2v) is 9.41. The number of aliphatic hydroxyl groups is 1. The van der Waals surface area contributed by atoms with Crippen LogP contribution in [-0.4, -0.2) is 73.2 Å². The van der Waals surface area contributed by atoms with Crippen molar-refractivity contribution >= 4 is 16.7 Å². The third kappa shape index (κ3) is 4.72. The van der Waals surface area contributed by atoms with E-state index in [9.17, 15) is 5.11 Å². The Morgan fingerprint density at radius 2 is 1.68 bits per heavy atom. The van der Waals surface area contributed by atoms with Crippen LogP contribution in [0.3, 0.4) is 0 Å². The Hall–Kier alpha value is -3.54. The van der Waals surface area contributed by atoms with Gasteiger partial charge in [-0.25, -0.2) is 9.37 Å². The van der Waals surface area contributed by atoms with Crippen LogP contribution in [0, 0.1) is 5.82 Å². The van der Waals surface area contributed by atoms with Crippen LogP contribution in [0.1, 0.15) is 0 Å². The Labute approximate surface area is 218 Å². The van der Waals surface area contributed by atoms with Crippen LogP contribution in [0.15, 0.2) is 60.7 Å². The van der Waals surface area contributed by atoms with Crippen LogP contribution in [0.25, 0.3) is 33.4 Å². The van der Waals surface area contributed by atoms with Crippen molar-refractivity contribution < 1.29 is 28.4 Å². The van der Waals surface area contributed by atoms with E-state index in [0.717, 1.165) is 16.8 Å². The van der Waals surface area contributed by atoms with Crippen molar-refractivity contribution in [3.8, 4) is 28.3 Å². The number of aromatic nitrogens is 2. The van der Waals surface area contributed by atoms with Crippen molar-refractivity contribution in [3.05, 3.63) is 66.5 Å². The molecule has 4 aromatic rings. The highest BCUT2D eigenvalue weighted by molar-refractivity contribution is 5.81. The average Bonchev–Trinajstić information content (AvgIpc) is 3.63. The molecule has 198 valence electrons. The molecule has 9 nitrogen and oxygen atoms in total. The molecule has 2 saturated heterocycles. The lowest BCUT2D eigenvalue weighted by Gasteiger charge is -2.17. The molecule has 2 aliphatic rings. The summed E-state index contributed by atoms with van der Waals surface area (Å²) in [5.74, 6) is 0.0148. The summed E-state index contributed by atoms with van der Waals surface area (Å²) in [7, 11) is 3.44. The Balaban J connectivity index is 1.18. The number of halogens is 1. The van der Waals surface area contributed by atoms with Gasteiger partial charge in [0.1, 0.15) is 24.0 Å². The summed E-state index contributed by atoms with van der Waals surface area (Å²) < 4.78 is 37.6. The maximum Gasteiger partial charge on any atom is 0.193 e. The van der Waals surface area contributed by atoms with Gasteiger partial charge in [0.25, 0.3) is 0 Å². The Kier molecular flexibility index (Phi) is 6.73. The molecule has 2 aromatic carbocycles. The third-order valence-corrected chi connectivity index (χ3v) is 6.96. The number of hydrogen-bond donors (Lipinski definition) is 4. The van der Waals surface area contributed by atoms with Gasteiger partial charge in [0.2, 0.25) is 0 Å². The number of anilines is 1. The molecule has 4 N–H and O–H groups in total. The van der Waals surface area contributed by atoms with Gasteiger partial charge in [-0.2, -0.15) is 0 Å². The fourth-order valence-electron chi connectivity index (χ4n) is 4.96. The number of aliphatic hydroxyl groups excluding tert-OH is 1. The van der Waals surface area contributed by atoms with Gasteiger partial charge in [-0.05, 0) is 30.3 Å². The topological polar surface area (TPSA) is 110 Å². The molecular formula is C28H29FN4O5. The van der Waals surface area contributed by atoms with Gasteiger partial charge in [0, 0.05) is 30.5 Å². The minimum Gasteiger partial charge on any atom is -0.470 e. The molecule has 0 bridgehead atoms. The summed E-state index contributed by atoms with van der Waals surface area (Å²) in [6.45, 7) is 0.537. The summed E-state index contributed by atoms with van der Waals surface area (Å²) >= 11 is 0. The average molecular weight is 521 g/mol. The molecule has 6 rings (SSSR count). The normalized spacial score (nSPS) is 23.5. The van der Waals surface area contributed by atoms with Gasteiger partial charge in [0.05, 0.1) is 24.2 Å². The highest BCUT2D eigenvalue weighted by atomic mass is 19.1. The number of nitrogens with one attached hydrogen (secondary N) is 3. The van der Waals surface area contributed by atoms with Gasteiger partial charge in [-0.15, -0.1) is 0 Å². The van der Waals surface area contributed by atoms with Crippen molar-refractivity contribution in [1.82, 2.24) is 15.3 Å². The monoisotopic (exact) mass is 520 g/mol. The van der Waals surface area contributed by atoms with Gasteiger partial charge in [-0.3, -0.25) is 5.32 Å². The first kappa shape index (κ1) is 24.8. The van der Waals surface area contributed by atoms with Gasteiger partial charge in [0.15, 0.2) is 24.2 Å². The molecule has 5 atom stereocenters. The minimum absolute atomic E-state index is 0.227. The molecule has 38 heavy (non-hydrogen) atoms. The van der Waals surface area contributed by atoms with Crippen molar-refractivity contribution in [1.29, 1.82) is 0 Å². The molecule has 4 heterocycles. The highest BCUT2D eigenvalue weighted by Gasteiger charge is 2.48. The summed E-state index contributed by atoms with van der Waals surface area (Å²) in [6, 6.07) is 18.8. The smallest absolute Gasteiger partial charge is 0.193 e. The van der Waals surface area contributed by atoms with E-state index in [1.54, 1.807) is 13.2 Å². The number of pyridine rings is 1. The standard InChI is InChI=1S/C28H29FN4O5/c1-30-28(35-2)31-18-9-7-16(8-10-18)15-3-5-17(6-4-15)25-19(29)11-20-21(33-25)12-24(32-20)38-23-14-37-26-22(34)13-36-27(23)26/h3-12,22-23,26-28,30-32,34H,13-14H2,1-2H3/t22-,23-,26-,27-,28?/m1/s1. The van der Waals surface area contributed by atoms with Crippen molar-refractivity contribution in [3.63, 3.8) is 0 Å². The molecule has 2 aromatic heterocycles. The number of methoxy groups -OCH3 is 1. The van der Waals surface area contributed by atoms with Crippen LogP contribution in [0.4, 0.5) is 10.1 Å². The lowest BCUT2D eigenvalue weighted by molar-refractivity contribution is 0.00794. The van der Waals surface area contributed by atoms with Crippen LogP contribution in [0.5, 0.6) is 5.88 Å². The second kappa shape index (κ2) is 10.3. The fraction of sp³-hybridized carbons (Fsp3) is 0.321. The largest absolute Gasteiger partial charge is 0.470 e. The lowest BCUT2D eigenvalue weighted by Crippen LogP contribution is -2.34. The quantitative estimate of drug-likeness (QED) is 0.262. The lowest BCUT2D eigenvalue weighted by atomic mass is 10.0. The molecular weight excluding hydrogens is 491 g/mol. The summed E-state index contributed by atoms with van der Waals surface area (Å²) in [6.07, 6.45) is -2.01. The van der Waals surface area contributed by atoms with Crippen molar-refractivity contribution in [2.75, 3.05) is 32.7 Å². The second-order valence-electron chi connectivity index (χ2n) is 9.41. The van der Waals surface area contributed by atoms with E-state index in [4.69, 9.17) is 18.9 Å². The molecule has 1 unspecified atom stereocenters. The predicted molar refractivity (Wildman–Crippen MR) is 140 cm³/mol. The Morgan fingerprint density at radius 1 is 1.00 bits per heavy atom. The molecule has 2 fully saturated rings. The van der Waals surface area contributed by atoms with Gasteiger partial charge in [-0.1, -0.05) is 36.4 Å². The van der Waals surface area contributed by atoms with E-state index in [1.165, 1.54) is 6.07 Å². The number of ether oxygens (including phenoxy) is 4. The number of aromatic amines is 1. The molecule has 0 amide bonds. The highest BCUT2D eigenvalue weighted by Crippen LogP contribution is 2.32. The number of rotatable bonds is 8. The van der Waals surface area contributed by atoms with Crippen LogP contribution in [0.2, 0.25) is 0 Å². The zero-order chi connectivity index (χ0) is 26.2. The number of benzene rings is 2. The summed E-state index contributed by atoms with van der Waals surface area (Å²) in [5, 5.41) is 16.2. The van der Waals surface area contributed by atoms with E-state index in [2.05, 4.69) is 20.6 Å². The summed E-state index contributed by atoms with van der Waals surface area (Å²) in [4.78, 5) is 7.63. The molecule has 10 heteroatoms. The van der Waals surface area contributed by atoms with Gasteiger partial charge >= 0.3 is 0 Å². The maximum atomic E-state index is 15.1. The van der Waals surface area contributed by atoms with E-state index in [-0.39, 0.29) is 37.0 Å². The van der Waals surface area contributed by atoms with Crippen LogP contribution < -0.4 is 15.4 Å². The van der Waals surface area contributed by atoms with E-state index in [0.29, 0.717) is 29.1 Å². The first-order valence-electron chi connectivity index (χ1n) is 12.5.